The molecule has 1 saturated heterocycles. The molecule has 0 bridgehead atoms. The highest BCUT2D eigenvalue weighted by Gasteiger charge is 2.48. The van der Waals surface area contributed by atoms with Crippen LogP contribution in [0.2, 0.25) is 0 Å². The molecule has 1 aromatic carbocycles. The molecule has 1 heterocycles. The van der Waals surface area contributed by atoms with Crippen LogP contribution in [0.25, 0.3) is 0 Å². The second-order valence-corrected chi connectivity index (χ2v) is 4.84. The number of ether oxygens (including phenoxy) is 1. The van der Waals surface area contributed by atoms with E-state index < -0.39 is 0 Å². The van der Waals surface area contributed by atoms with Crippen molar-refractivity contribution in [2.45, 2.75) is 12.8 Å². The summed E-state index contributed by atoms with van der Waals surface area (Å²) in [5.41, 5.74) is 0.550. The van der Waals surface area contributed by atoms with Crippen LogP contribution in [0.3, 0.4) is 0 Å². The first kappa shape index (κ1) is 12.0. The Morgan fingerprint density at radius 3 is 2.21 bits per heavy atom. The van der Waals surface area contributed by atoms with Gasteiger partial charge in [-0.2, -0.15) is 0 Å². The van der Waals surface area contributed by atoms with E-state index in [1.807, 2.05) is 18.2 Å². The SMILES string of the molecule is COc1ccccc1N1C(=O)[C@H]2CC=CC[C@H]2C1=O. The number of benzene rings is 1. The standard InChI is InChI=1S/C15H15NO3/c1-19-13-9-5-4-8-12(13)16-14(17)10-6-2-3-7-11(10)15(16)18/h2-5,8-11H,6-7H2,1H3/t10-,11+. The third-order valence-electron chi connectivity index (χ3n) is 3.83. The Kier molecular flexibility index (Phi) is 2.85. The third-order valence-corrected chi connectivity index (χ3v) is 3.83. The Hall–Kier alpha value is -2.10. The van der Waals surface area contributed by atoms with E-state index >= 15 is 0 Å². The maximum atomic E-state index is 12.4. The van der Waals surface area contributed by atoms with Gasteiger partial charge >= 0.3 is 0 Å². The number of hydrogen-bond acceptors (Lipinski definition) is 3. The fourth-order valence-corrected chi connectivity index (χ4v) is 2.85. The molecule has 1 aliphatic carbocycles. The van der Waals surface area contributed by atoms with Gasteiger partial charge in [0.1, 0.15) is 5.75 Å². The lowest BCUT2D eigenvalue weighted by atomic mass is 9.85. The van der Waals surface area contributed by atoms with Crippen molar-refractivity contribution >= 4 is 17.5 Å². The zero-order valence-electron chi connectivity index (χ0n) is 10.7. The van der Waals surface area contributed by atoms with Crippen LogP contribution in [0.5, 0.6) is 5.75 Å². The molecule has 3 rings (SSSR count). The van der Waals surface area contributed by atoms with E-state index in [4.69, 9.17) is 4.74 Å². The molecule has 0 saturated carbocycles. The van der Waals surface area contributed by atoms with Crippen LogP contribution in [0.15, 0.2) is 36.4 Å². The molecule has 2 atom stereocenters. The minimum absolute atomic E-state index is 0.108. The van der Waals surface area contributed by atoms with Crippen molar-refractivity contribution in [3.63, 3.8) is 0 Å². The van der Waals surface area contributed by atoms with Crippen LogP contribution in [0.4, 0.5) is 5.69 Å². The lowest BCUT2D eigenvalue weighted by Crippen LogP contribution is -2.31. The smallest absolute Gasteiger partial charge is 0.238 e. The molecule has 1 aromatic rings. The second-order valence-electron chi connectivity index (χ2n) is 4.84. The number of imide groups is 1. The Morgan fingerprint density at radius 2 is 1.63 bits per heavy atom. The Morgan fingerprint density at radius 1 is 1.05 bits per heavy atom. The van der Waals surface area contributed by atoms with E-state index in [0.717, 1.165) is 0 Å². The number of para-hydroxylation sites is 2. The molecule has 0 radical (unpaired) electrons. The van der Waals surface area contributed by atoms with Gasteiger partial charge in [-0.15, -0.1) is 0 Å². The first-order valence-corrected chi connectivity index (χ1v) is 6.40. The molecule has 4 heteroatoms. The number of anilines is 1. The Labute approximate surface area is 111 Å². The van der Waals surface area contributed by atoms with E-state index in [9.17, 15) is 9.59 Å². The average Bonchev–Trinajstić information content (AvgIpc) is 2.71. The van der Waals surface area contributed by atoms with Gasteiger partial charge < -0.3 is 4.74 Å². The molecule has 0 unspecified atom stereocenters. The second kappa shape index (κ2) is 4.53. The summed E-state index contributed by atoms with van der Waals surface area (Å²) in [7, 11) is 1.54. The number of rotatable bonds is 2. The zero-order chi connectivity index (χ0) is 13.4. The first-order valence-electron chi connectivity index (χ1n) is 6.40. The van der Waals surface area contributed by atoms with Crippen LogP contribution in [-0.2, 0) is 9.59 Å². The van der Waals surface area contributed by atoms with Gasteiger partial charge in [0, 0.05) is 0 Å². The maximum absolute atomic E-state index is 12.4. The number of hydrogen-bond donors (Lipinski definition) is 0. The molecule has 19 heavy (non-hydrogen) atoms. The van der Waals surface area contributed by atoms with Gasteiger partial charge in [-0.05, 0) is 25.0 Å². The summed E-state index contributed by atoms with van der Waals surface area (Å²) in [5.74, 6) is -0.0756. The van der Waals surface area contributed by atoms with Gasteiger partial charge in [0.15, 0.2) is 0 Å². The predicted octanol–water partition coefficient (Wildman–Crippen LogP) is 2.15. The van der Waals surface area contributed by atoms with Crippen molar-refractivity contribution in [2.75, 3.05) is 12.0 Å². The summed E-state index contributed by atoms with van der Waals surface area (Å²) in [6.07, 6.45) is 5.28. The van der Waals surface area contributed by atoms with Gasteiger partial charge in [-0.25, -0.2) is 4.90 Å². The highest BCUT2D eigenvalue weighted by Crippen LogP contribution is 2.40. The van der Waals surface area contributed by atoms with Crippen molar-refractivity contribution < 1.29 is 14.3 Å². The van der Waals surface area contributed by atoms with Crippen LogP contribution in [0, 0.1) is 11.8 Å². The van der Waals surface area contributed by atoms with Crippen LogP contribution < -0.4 is 9.64 Å². The summed E-state index contributed by atoms with van der Waals surface area (Å²) >= 11 is 0. The molecule has 2 amide bonds. The zero-order valence-corrected chi connectivity index (χ0v) is 10.7. The van der Waals surface area contributed by atoms with E-state index in [-0.39, 0.29) is 23.7 Å². The predicted molar refractivity (Wildman–Crippen MR) is 70.8 cm³/mol. The number of nitrogens with zero attached hydrogens (tertiary/aromatic N) is 1. The highest BCUT2D eigenvalue weighted by atomic mass is 16.5. The molecule has 1 fully saturated rings. The number of carbonyl (C=O) groups excluding carboxylic acids is 2. The van der Waals surface area contributed by atoms with Gasteiger partial charge in [0.2, 0.25) is 11.8 Å². The van der Waals surface area contributed by atoms with Gasteiger partial charge in [-0.3, -0.25) is 9.59 Å². The van der Waals surface area contributed by atoms with E-state index in [0.29, 0.717) is 24.3 Å². The van der Waals surface area contributed by atoms with E-state index in [1.165, 1.54) is 4.90 Å². The molecule has 1 aliphatic heterocycles. The highest BCUT2D eigenvalue weighted by molar-refractivity contribution is 6.22. The van der Waals surface area contributed by atoms with Crippen LogP contribution >= 0.6 is 0 Å². The largest absolute Gasteiger partial charge is 0.495 e. The maximum Gasteiger partial charge on any atom is 0.238 e. The van der Waals surface area contributed by atoms with Gasteiger partial charge in [-0.1, -0.05) is 24.3 Å². The molecule has 0 aromatic heterocycles. The number of amides is 2. The Balaban J connectivity index is 2.02. The summed E-state index contributed by atoms with van der Waals surface area (Å²) in [6.45, 7) is 0. The fraction of sp³-hybridized carbons (Fsp3) is 0.333. The molecule has 98 valence electrons. The van der Waals surface area contributed by atoms with Gasteiger partial charge in [0.25, 0.3) is 0 Å². The van der Waals surface area contributed by atoms with Crippen LogP contribution in [-0.4, -0.2) is 18.9 Å². The minimum atomic E-state index is -0.206. The summed E-state index contributed by atoms with van der Waals surface area (Å²) in [5, 5.41) is 0. The quantitative estimate of drug-likeness (QED) is 0.602. The molecule has 0 N–H and O–H groups in total. The van der Waals surface area contributed by atoms with E-state index in [2.05, 4.69) is 0 Å². The van der Waals surface area contributed by atoms with Crippen molar-refractivity contribution in [3.05, 3.63) is 36.4 Å². The first-order chi connectivity index (χ1) is 9.24. The van der Waals surface area contributed by atoms with Crippen molar-refractivity contribution in [1.82, 2.24) is 0 Å². The topological polar surface area (TPSA) is 46.6 Å². The third kappa shape index (κ3) is 1.75. The summed E-state index contributed by atoms with van der Waals surface area (Å²) in [6, 6.07) is 7.14. The Bertz CT molecular complexity index is 538. The molecule has 0 spiro atoms. The van der Waals surface area contributed by atoms with E-state index in [1.54, 1.807) is 25.3 Å². The number of methoxy groups -OCH3 is 1. The molecule has 4 nitrogen and oxygen atoms in total. The minimum Gasteiger partial charge on any atom is -0.495 e. The normalized spacial score (nSPS) is 25.6. The summed E-state index contributed by atoms with van der Waals surface area (Å²) in [4.78, 5) is 26.2. The average molecular weight is 257 g/mol. The number of allylic oxidation sites excluding steroid dienone is 2. The fourth-order valence-electron chi connectivity index (χ4n) is 2.85. The van der Waals surface area contributed by atoms with Crippen molar-refractivity contribution in [3.8, 4) is 5.75 Å². The van der Waals surface area contributed by atoms with Crippen molar-refractivity contribution in [2.24, 2.45) is 11.8 Å². The van der Waals surface area contributed by atoms with Crippen LogP contribution in [0.1, 0.15) is 12.8 Å². The number of carbonyl (C=O) groups is 2. The lowest BCUT2D eigenvalue weighted by Gasteiger charge is -2.17. The van der Waals surface area contributed by atoms with Crippen molar-refractivity contribution in [1.29, 1.82) is 0 Å². The molecule has 2 aliphatic rings. The lowest BCUT2D eigenvalue weighted by molar-refractivity contribution is -0.122. The molecular weight excluding hydrogens is 242 g/mol. The summed E-state index contributed by atoms with van der Waals surface area (Å²) < 4.78 is 5.25. The molecular formula is C15H15NO3. The van der Waals surface area contributed by atoms with Gasteiger partial charge in [0.05, 0.1) is 24.6 Å². The monoisotopic (exact) mass is 257 g/mol. The number of fused-ring (bicyclic) bond motifs is 1.